The van der Waals surface area contributed by atoms with Gasteiger partial charge in [0.05, 0.1) is 25.6 Å². The van der Waals surface area contributed by atoms with Crippen molar-refractivity contribution in [3.05, 3.63) is 30.4 Å². The van der Waals surface area contributed by atoms with Gasteiger partial charge >= 0.3 is 5.97 Å². The molecule has 1 aromatic rings. The smallest absolute Gasteiger partial charge is 0.307 e. The third-order valence-corrected chi connectivity index (χ3v) is 3.82. The van der Waals surface area contributed by atoms with E-state index in [-0.39, 0.29) is 5.91 Å². The lowest BCUT2D eigenvalue weighted by atomic mass is 9.82. The molecule has 1 amide bonds. The molecule has 2 N–H and O–H groups in total. The summed E-state index contributed by atoms with van der Waals surface area (Å²) in [6, 6.07) is 5.08. The van der Waals surface area contributed by atoms with E-state index in [1.807, 2.05) is 19.1 Å². The predicted octanol–water partition coefficient (Wildman–Crippen LogP) is 2.70. The molecule has 0 radical (unpaired) electrons. The van der Waals surface area contributed by atoms with Crippen LogP contribution in [0.2, 0.25) is 0 Å². The second-order valence-electron chi connectivity index (χ2n) is 5.28. The largest absolute Gasteiger partial charge is 0.493 e. The van der Waals surface area contributed by atoms with E-state index < -0.39 is 17.8 Å². The minimum Gasteiger partial charge on any atom is -0.493 e. The van der Waals surface area contributed by atoms with E-state index in [1.54, 1.807) is 25.3 Å². The van der Waals surface area contributed by atoms with Crippen molar-refractivity contribution in [1.82, 2.24) is 0 Å². The summed E-state index contributed by atoms with van der Waals surface area (Å²) in [5, 5.41) is 12.0. The normalized spacial score (nSPS) is 19.9. The highest BCUT2D eigenvalue weighted by atomic mass is 16.5. The highest BCUT2D eigenvalue weighted by molar-refractivity contribution is 5.95. The van der Waals surface area contributed by atoms with Gasteiger partial charge in [-0.25, -0.2) is 0 Å². The van der Waals surface area contributed by atoms with Crippen molar-refractivity contribution in [3.63, 3.8) is 0 Å². The number of ether oxygens (including phenoxy) is 2. The fourth-order valence-corrected chi connectivity index (χ4v) is 2.63. The maximum atomic E-state index is 12.4. The average Bonchev–Trinajstić information content (AvgIpc) is 2.55. The first kappa shape index (κ1) is 16.9. The molecule has 1 aromatic carbocycles. The molecule has 0 aliphatic heterocycles. The van der Waals surface area contributed by atoms with Crippen LogP contribution in [0.25, 0.3) is 0 Å². The summed E-state index contributed by atoms with van der Waals surface area (Å²) in [5.74, 6) is -1.40. The first-order valence-electron chi connectivity index (χ1n) is 7.56. The number of benzene rings is 1. The lowest BCUT2D eigenvalue weighted by molar-refractivity contribution is -0.146. The monoisotopic (exact) mass is 319 g/mol. The van der Waals surface area contributed by atoms with Gasteiger partial charge in [0.1, 0.15) is 0 Å². The van der Waals surface area contributed by atoms with Crippen molar-refractivity contribution in [2.45, 2.75) is 19.8 Å². The highest BCUT2D eigenvalue weighted by Crippen LogP contribution is 2.32. The molecule has 2 atom stereocenters. The van der Waals surface area contributed by atoms with Crippen LogP contribution in [-0.2, 0) is 9.59 Å². The van der Waals surface area contributed by atoms with Crippen molar-refractivity contribution in [3.8, 4) is 11.5 Å². The number of rotatable bonds is 6. The third-order valence-electron chi connectivity index (χ3n) is 3.82. The molecule has 0 saturated heterocycles. The summed E-state index contributed by atoms with van der Waals surface area (Å²) < 4.78 is 10.7. The van der Waals surface area contributed by atoms with Crippen LogP contribution in [0.1, 0.15) is 19.8 Å². The van der Waals surface area contributed by atoms with Crippen molar-refractivity contribution in [1.29, 1.82) is 0 Å². The van der Waals surface area contributed by atoms with Gasteiger partial charge < -0.3 is 19.9 Å². The number of carboxylic acids is 1. The van der Waals surface area contributed by atoms with Crippen LogP contribution >= 0.6 is 0 Å². The van der Waals surface area contributed by atoms with Crippen molar-refractivity contribution in [2.75, 3.05) is 19.0 Å². The molecule has 0 spiro atoms. The van der Waals surface area contributed by atoms with Gasteiger partial charge in [0.2, 0.25) is 5.91 Å². The minimum atomic E-state index is -0.945. The topological polar surface area (TPSA) is 84.9 Å². The summed E-state index contributed by atoms with van der Waals surface area (Å²) in [5.41, 5.74) is 0.554. The SMILES string of the molecule is CCOc1cc(NC(=O)C2CC=CCC2C(=O)O)ccc1OC. The van der Waals surface area contributed by atoms with Crippen LogP contribution in [0.5, 0.6) is 11.5 Å². The molecule has 23 heavy (non-hydrogen) atoms. The fraction of sp³-hybridized carbons (Fsp3) is 0.412. The van der Waals surface area contributed by atoms with E-state index in [0.29, 0.717) is 36.6 Å². The Hall–Kier alpha value is -2.50. The van der Waals surface area contributed by atoms with E-state index in [4.69, 9.17) is 9.47 Å². The van der Waals surface area contributed by atoms with Crippen LogP contribution in [0.3, 0.4) is 0 Å². The minimum absolute atomic E-state index is 0.297. The van der Waals surface area contributed by atoms with Crippen molar-refractivity contribution in [2.24, 2.45) is 11.8 Å². The number of aliphatic carboxylic acids is 1. The zero-order valence-corrected chi connectivity index (χ0v) is 13.2. The highest BCUT2D eigenvalue weighted by Gasteiger charge is 2.34. The molecule has 124 valence electrons. The molecule has 6 heteroatoms. The van der Waals surface area contributed by atoms with Crippen molar-refractivity contribution < 1.29 is 24.2 Å². The standard InChI is InChI=1S/C17H21NO5/c1-3-23-15-10-11(8-9-14(15)22-2)18-16(19)12-6-4-5-7-13(12)17(20)21/h4-5,8-10,12-13H,3,6-7H2,1-2H3,(H,18,19)(H,20,21). The summed E-state index contributed by atoms with van der Waals surface area (Å²) in [6.07, 6.45) is 4.46. The Morgan fingerprint density at radius 3 is 2.52 bits per heavy atom. The summed E-state index contributed by atoms with van der Waals surface area (Å²) in [4.78, 5) is 23.7. The van der Waals surface area contributed by atoms with Gasteiger partial charge in [0, 0.05) is 11.8 Å². The van der Waals surface area contributed by atoms with Gasteiger partial charge in [-0.05, 0) is 31.9 Å². The van der Waals surface area contributed by atoms with Crippen LogP contribution in [0.15, 0.2) is 30.4 Å². The molecule has 1 aliphatic rings. The van der Waals surface area contributed by atoms with Crippen LogP contribution in [0.4, 0.5) is 5.69 Å². The number of carbonyl (C=O) groups excluding carboxylic acids is 1. The Bertz CT molecular complexity index is 611. The van der Waals surface area contributed by atoms with E-state index in [9.17, 15) is 14.7 Å². The molecule has 2 rings (SSSR count). The maximum absolute atomic E-state index is 12.4. The fourth-order valence-electron chi connectivity index (χ4n) is 2.63. The van der Waals surface area contributed by atoms with E-state index in [2.05, 4.69) is 5.32 Å². The zero-order chi connectivity index (χ0) is 16.8. The second-order valence-corrected chi connectivity index (χ2v) is 5.28. The molecule has 0 saturated carbocycles. The van der Waals surface area contributed by atoms with Gasteiger partial charge in [-0.3, -0.25) is 9.59 Å². The van der Waals surface area contributed by atoms with Gasteiger partial charge in [-0.15, -0.1) is 0 Å². The molecule has 0 aromatic heterocycles. The number of methoxy groups -OCH3 is 1. The zero-order valence-electron chi connectivity index (χ0n) is 13.2. The Balaban J connectivity index is 2.14. The number of carbonyl (C=O) groups is 2. The predicted molar refractivity (Wildman–Crippen MR) is 85.8 cm³/mol. The maximum Gasteiger partial charge on any atom is 0.307 e. The van der Waals surface area contributed by atoms with Crippen molar-refractivity contribution >= 4 is 17.6 Å². The van der Waals surface area contributed by atoms with Gasteiger partial charge in [-0.2, -0.15) is 0 Å². The number of carboxylic acid groups (broad SMARTS) is 1. The first-order chi connectivity index (χ1) is 11.1. The van der Waals surface area contributed by atoms with E-state index in [0.717, 1.165) is 0 Å². The lowest BCUT2D eigenvalue weighted by Crippen LogP contribution is -2.34. The number of amides is 1. The summed E-state index contributed by atoms with van der Waals surface area (Å²) in [6.45, 7) is 2.33. The average molecular weight is 319 g/mol. The number of hydrogen-bond donors (Lipinski definition) is 2. The Kier molecular flexibility index (Phi) is 5.62. The molecule has 6 nitrogen and oxygen atoms in total. The lowest BCUT2D eigenvalue weighted by Gasteiger charge is -2.24. The molecular formula is C17H21NO5. The molecular weight excluding hydrogens is 298 g/mol. The molecule has 0 fully saturated rings. The van der Waals surface area contributed by atoms with Crippen LogP contribution < -0.4 is 14.8 Å². The quantitative estimate of drug-likeness (QED) is 0.788. The Morgan fingerprint density at radius 1 is 1.22 bits per heavy atom. The van der Waals surface area contributed by atoms with E-state index >= 15 is 0 Å². The summed E-state index contributed by atoms with van der Waals surface area (Å²) >= 11 is 0. The summed E-state index contributed by atoms with van der Waals surface area (Å²) in [7, 11) is 1.54. The third kappa shape index (κ3) is 4.03. The van der Waals surface area contributed by atoms with Crippen LogP contribution in [0, 0.1) is 11.8 Å². The number of hydrogen-bond acceptors (Lipinski definition) is 4. The Labute approximate surface area is 135 Å². The molecule has 0 bridgehead atoms. The van der Waals surface area contributed by atoms with E-state index in [1.165, 1.54) is 0 Å². The number of nitrogens with one attached hydrogen (secondary N) is 1. The van der Waals surface area contributed by atoms with Gasteiger partial charge in [0.15, 0.2) is 11.5 Å². The Morgan fingerprint density at radius 2 is 1.91 bits per heavy atom. The molecule has 2 unspecified atom stereocenters. The van der Waals surface area contributed by atoms with Gasteiger partial charge in [0.25, 0.3) is 0 Å². The molecule has 1 aliphatic carbocycles. The first-order valence-corrected chi connectivity index (χ1v) is 7.56. The van der Waals surface area contributed by atoms with Crippen LogP contribution in [-0.4, -0.2) is 30.7 Å². The second kappa shape index (κ2) is 7.67. The number of allylic oxidation sites excluding steroid dienone is 2. The van der Waals surface area contributed by atoms with Gasteiger partial charge in [-0.1, -0.05) is 12.2 Å². The number of anilines is 1. The molecule has 0 heterocycles.